The molecule has 3 aromatic heterocycles. The van der Waals surface area contributed by atoms with Gasteiger partial charge in [0.2, 0.25) is 0 Å². The summed E-state index contributed by atoms with van der Waals surface area (Å²) < 4.78 is 27.6. The van der Waals surface area contributed by atoms with Crippen LogP contribution in [0.4, 0.5) is 20.8 Å². The highest BCUT2D eigenvalue weighted by Crippen LogP contribution is 2.38. The molecule has 3 fully saturated rings. The summed E-state index contributed by atoms with van der Waals surface area (Å²) in [5.74, 6) is 1.61. The molecule has 0 spiro atoms. The van der Waals surface area contributed by atoms with E-state index in [1.165, 1.54) is 19.3 Å². The summed E-state index contributed by atoms with van der Waals surface area (Å²) in [6, 6.07) is 3.73. The number of carbonyl (C=O) groups is 1. The number of anilines is 2. The Hall–Kier alpha value is -3.21. The number of H-pyrrole nitrogens is 1. The van der Waals surface area contributed by atoms with Crippen molar-refractivity contribution in [1.82, 2.24) is 30.1 Å². The monoisotopic (exact) mass is 455 g/mol. The smallest absolute Gasteiger partial charge is 0.408 e. The molecule has 3 atom stereocenters. The van der Waals surface area contributed by atoms with E-state index in [4.69, 9.17) is 9.47 Å². The SMILES string of the molecule is CC1(NC(=O)O[C@@H]2CO[C@H](c3cc(Nc4nccn5nc(C6CCC6)cc45)n[nH]3)[C@@H]2F)CC1. The highest BCUT2D eigenvalue weighted by atomic mass is 19.1. The number of aromatic amines is 1. The number of alkyl halides is 1. The van der Waals surface area contributed by atoms with Crippen LogP contribution in [0.25, 0.3) is 5.52 Å². The number of amides is 1. The van der Waals surface area contributed by atoms with E-state index in [1.54, 1.807) is 12.3 Å². The number of rotatable bonds is 6. The standard InChI is InChI=1S/C22H26FN7O3/c1-22(5-6-22)26-21(31)33-16-11-32-19(18(16)23)14-10-17(28-27-14)25-20-15-9-13(12-3-2-4-12)29-30(15)8-7-24-20/h7-10,12,16,18-19H,2-6,11H2,1H3,(H,26,31)(H2,24,25,27,28)/t16-,18-,19-/m1/s1. The van der Waals surface area contributed by atoms with Gasteiger partial charge in [-0.2, -0.15) is 10.2 Å². The number of halogens is 1. The molecular weight excluding hydrogens is 429 g/mol. The van der Waals surface area contributed by atoms with Gasteiger partial charge < -0.3 is 20.1 Å². The molecule has 6 rings (SSSR count). The van der Waals surface area contributed by atoms with Gasteiger partial charge in [0.05, 0.1) is 18.0 Å². The van der Waals surface area contributed by atoms with E-state index in [0.717, 1.165) is 24.1 Å². The first-order valence-corrected chi connectivity index (χ1v) is 11.4. The van der Waals surface area contributed by atoms with Crippen molar-refractivity contribution >= 4 is 23.2 Å². The summed E-state index contributed by atoms with van der Waals surface area (Å²) in [7, 11) is 0. The number of hydrogen-bond acceptors (Lipinski definition) is 7. The van der Waals surface area contributed by atoms with Crippen LogP contribution in [-0.4, -0.2) is 55.3 Å². The lowest BCUT2D eigenvalue weighted by Gasteiger charge is -2.22. The fourth-order valence-electron chi connectivity index (χ4n) is 4.27. The molecule has 11 heteroatoms. The van der Waals surface area contributed by atoms with Crippen LogP contribution in [0.2, 0.25) is 0 Å². The summed E-state index contributed by atoms with van der Waals surface area (Å²) in [4.78, 5) is 16.4. The number of hydrogen-bond donors (Lipinski definition) is 3. The van der Waals surface area contributed by atoms with Gasteiger partial charge in [0, 0.05) is 29.9 Å². The Kier molecular flexibility index (Phi) is 4.75. The lowest BCUT2D eigenvalue weighted by atomic mass is 9.83. The molecule has 33 heavy (non-hydrogen) atoms. The fourth-order valence-corrected chi connectivity index (χ4v) is 4.27. The Morgan fingerprint density at radius 2 is 2.21 bits per heavy atom. The highest BCUT2D eigenvalue weighted by molar-refractivity contribution is 5.72. The molecule has 2 aliphatic carbocycles. The summed E-state index contributed by atoms with van der Waals surface area (Å²) in [6.07, 6.45) is 4.89. The maximum absolute atomic E-state index is 15.0. The van der Waals surface area contributed by atoms with E-state index < -0.39 is 24.5 Å². The minimum atomic E-state index is -1.50. The Bertz CT molecular complexity index is 1190. The molecule has 0 aromatic carbocycles. The third-order valence-electron chi connectivity index (χ3n) is 6.83. The van der Waals surface area contributed by atoms with Crippen molar-refractivity contribution in [3.63, 3.8) is 0 Å². The van der Waals surface area contributed by atoms with Crippen LogP contribution in [0.3, 0.4) is 0 Å². The van der Waals surface area contributed by atoms with Crippen LogP contribution >= 0.6 is 0 Å². The van der Waals surface area contributed by atoms with E-state index >= 15 is 0 Å². The number of nitrogens with one attached hydrogen (secondary N) is 3. The average Bonchev–Trinajstić information content (AvgIpc) is 3.11. The Morgan fingerprint density at radius 1 is 1.36 bits per heavy atom. The van der Waals surface area contributed by atoms with E-state index in [2.05, 4.69) is 37.0 Å². The van der Waals surface area contributed by atoms with Crippen LogP contribution in [-0.2, 0) is 9.47 Å². The molecule has 3 N–H and O–H groups in total. The van der Waals surface area contributed by atoms with Crippen molar-refractivity contribution in [2.75, 3.05) is 11.9 Å². The van der Waals surface area contributed by atoms with Gasteiger partial charge in [-0.15, -0.1) is 0 Å². The topological polar surface area (TPSA) is 118 Å². The fraction of sp³-hybridized carbons (Fsp3) is 0.545. The van der Waals surface area contributed by atoms with Crippen molar-refractivity contribution in [3.8, 4) is 0 Å². The number of carbonyl (C=O) groups excluding carboxylic acids is 1. The second kappa shape index (κ2) is 7.68. The zero-order valence-corrected chi connectivity index (χ0v) is 18.3. The first-order chi connectivity index (χ1) is 16.0. The van der Waals surface area contributed by atoms with Crippen LogP contribution in [0.5, 0.6) is 0 Å². The van der Waals surface area contributed by atoms with Gasteiger partial charge in [-0.1, -0.05) is 6.42 Å². The summed E-state index contributed by atoms with van der Waals surface area (Å²) in [5.41, 5.74) is 2.16. The zero-order chi connectivity index (χ0) is 22.6. The van der Waals surface area contributed by atoms with Crippen molar-refractivity contribution in [3.05, 3.63) is 35.9 Å². The molecule has 1 amide bonds. The van der Waals surface area contributed by atoms with Crippen molar-refractivity contribution in [2.24, 2.45) is 0 Å². The van der Waals surface area contributed by atoms with Gasteiger partial charge in [-0.05, 0) is 38.7 Å². The average molecular weight is 455 g/mol. The van der Waals surface area contributed by atoms with E-state index in [-0.39, 0.29) is 12.1 Å². The van der Waals surface area contributed by atoms with E-state index in [0.29, 0.717) is 23.2 Å². The second-order valence-electron chi connectivity index (χ2n) is 9.46. The molecule has 0 radical (unpaired) electrons. The molecule has 3 aliphatic rings. The number of ether oxygens (including phenoxy) is 2. The highest BCUT2D eigenvalue weighted by Gasteiger charge is 2.44. The molecule has 1 aliphatic heterocycles. The zero-order valence-electron chi connectivity index (χ0n) is 18.3. The molecule has 1 saturated heterocycles. The number of nitrogens with zero attached hydrogens (tertiary/aromatic N) is 4. The van der Waals surface area contributed by atoms with Gasteiger partial charge in [0.1, 0.15) is 11.6 Å². The molecular formula is C22H26FN7O3. The quantitative estimate of drug-likeness (QED) is 0.520. The Morgan fingerprint density at radius 3 is 2.97 bits per heavy atom. The van der Waals surface area contributed by atoms with Crippen molar-refractivity contribution < 1.29 is 18.7 Å². The maximum Gasteiger partial charge on any atom is 0.408 e. The van der Waals surface area contributed by atoms with E-state index in [9.17, 15) is 9.18 Å². The molecule has 0 unspecified atom stereocenters. The first kappa shape index (κ1) is 20.4. The van der Waals surface area contributed by atoms with Gasteiger partial charge in [-0.25, -0.2) is 18.7 Å². The third-order valence-corrected chi connectivity index (χ3v) is 6.83. The number of alkyl carbamates (subject to hydrolysis) is 1. The molecule has 3 aromatic rings. The summed E-state index contributed by atoms with van der Waals surface area (Å²) in [6.45, 7) is 1.92. The largest absolute Gasteiger partial charge is 0.441 e. The van der Waals surface area contributed by atoms with Crippen LogP contribution < -0.4 is 10.6 Å². The van der Waals surface area contributed by atoms with Crippen LogP contribution in [0.1, 0.15) is 62.4 Å². The second-order valence-corrected chi connectivity index (χ2v) is 9.46. The van der Waals surface area contributed by atoms with Gasteiger partial charge >= 0.3 is 6.09 Å². The molecule has 0 bridgehead atoms. The summed E-state index contributed by atoms with van der Waals surface area (Å²) in [5, 5.41) is 17.7. The van der Waals surface area contributed by atoms with Gasteiger partial charge in [0.15, 0.2) is 23.9 Å². The van der Waals surface area contributed by atoms with Gasteiger partial charge in [0.25, 0.3) is 0 Å². The number of aromatic nitrogens is 5. The minimum absolute atomic E-state index is 0.0155. The Labute approximate surface area is 189 Å². The Balaban J connectivity index is 1.13. The maximum atomic E-state index is 15.0. The molecule has 4 heterocycles. The lowest BCUT2D eigenvalue weighted by Crippen LogP contribution is -2.39. The summed E-state index contributed by atoms with van der Waals surface area (Å²) >= 11 is 0. The molecule has 2 saturated carbocycles. The predicted octanol–water partition coefficient (Wildman–Crippen LogP) is 3.52. The molecule has 174 valence electrons. The first-order valence-electron chi connectivity index (χ1n) is 11.4. The minimum Gasteiger partial charge on any atom is -0.441 e. The van der Waals surface area contributed by atoms with Crippen molar-refractivity contribution in [1.29, 1.82) is 0 Å². The lowest BCUT2D eigenvalue weighted by molar-refractivity contribution is 0.0604. The van der Waals surface area contributed by atoms with E-state index in [1.807, 2.05) is 17.6 Å². The van der Waals surface area contributed by atoms with Gasteiger partial charge in [-0.3, -0.25) is 5.10 Å². The third kappa shape index (κ3) is 3.90. The van der Waals surface area contributed by atoms with Crippen LogP contribution in [0, 0.1) is 0 Å². The molecule has 10 nitrogen and oxygen atoms in total. The predicted molar refractivity (Wildman–Crippen MR) is 116 cm³/mol. The normalized spacial score (nSPS) is 26.2. The number of fused-ring (bicyclic) bond motifs is 1. The van der Waals surface area contributed by atoms with Crippen molar-refractivity contribution in [2.45, 2.75) is 68.9 Å². The van der Waals surface area contributed by atoms with Crippen LogP contribution in [0.15, 0.2) is 24.5 Å².